The third-order valence-electron chi connectivity index (χ3n) is 8.83. The first-order valence-corrected chi connectivity index (χ1v) is 15.9. The van der Waals surface area contributed by atoms with Crippen molar-refractivity contribution in [1.29, 1.82) is 0 Å². The molecule has 6 rings (SSSR count). The number of nitrogens with two attached hydrogens (primary N) is 1. The van der Waals surface area contributed by atoms with Crippen molar-refractivity contribution in [2.45, 2.75) is 37.1 Å². The Balaban J connectivity index is 1.19. The monoisotopic (exact) mass is 716 g/mol. The molecule has 1 spiro atoms. The van der Waals surface area contributed by atoms with E-state index in [1.165, 1.54) is 11.0 Å². The van der Waals surface area contributed by atoms with E-state index in [0.717, 1.165) is 17.3 Å². The van der Waals surface area contributed by atoms with Crippen LogP contribution in [0.5, 0.6) is 0 Å². The molecule has 0 saturated carbocycles. The van der Waals surface area contributed by atoms with Gasteiger partial charge >= 0.3 is 18.4 Å². The molecule has 3 aliphatic heterocycles. The molecular weight excluding hydrogens is 685 g/mol. The Morgan fingerprint density at radius 1 is 1.02 bits per heavy atom. The number of ether oxygens (including phenoxy) is 2. The van der Waals surface area contributed by atoms with Crippen LogP contribution < -0.4 is 16.0 Å². The van der Waals surface area contributed by atoms with Gasteiger partial charge in [-0.25, -0.2) is 9.59 Å². The summed E-state index contributed by atoms with van der Waals surface area (Å²) in [6.45, 7) is 1.98. The van der Waals surface area contributed by atoms with Crippen LogP contribution in [0.3, 0.4) is 0 Å². The number of carbonyl (C=O) groups is 3. The van der Waals surface area contributed by atoms with Crippen molar-refractivity contribution in [1.82, 2.24) is 14.8 Å². The third kappa shape index (κ3) is 6.80. The van der Waals surface area contributed by atoms with Crippen molar-refractivity contribution in [2.75, 3.05) is 55.2 Å². The second-order valence-electron chi connectivity index (χ2n) is 11.7. The number of nitrogens with zero attached hydrogens (tertiary/aromatic N) is 4. The van der Waals surface area contributed by atoms with E-state index in [1.807, 2.05) is 24.3 Å². The van der Waals surface area contributed by atoms with Gasteiger partial charge in [0.2, 0.25) is 0 Å². The molecule has 248 valence electrons. The zero-order valence-corrected chi connectivity index (χ0v) is 26.7. The lowest BCUT2D eigenvalue weighted by molar-refractivity contribution is -0.141. The summed E-state index contributed by atoms with van der Waals surface area (Å²) in [6, 6.07) is 13.3. The number of alkyl halides is 3. The van der Waals surface area contributed by atoms with Crippen molar-refractivity contribution in [3.63, 3.8) is 0 Å². The first kappa shape index (κ1) is 32.4. The molecular formula is C32H32BrF3N6O5. The summed E-state index contributed by atoms with van der Waals surface area (Å²) in [5, 5.41) is 2.69. The van der Waals surface area contributed by atoms with Gasteiger partial charge in [0.15, 0.2) is 6.10 Å². The number of rotatable bonds is 5. The third-order valence-corrected chi connectivity index (χ3v) is 9.48. The van der Waals surface area contributed by atoms with Crippen molar-refractivity contribution in [3.8, 4) is 0 Å². The number of nitrogen functional groups attached to an aromatic ring is 1. The Hall–Kier alpha value is -4.53. The highest BCUT2D eigenvalue weighted by atomic mass is 79.9. The molecule has 3 aromatic rings. The SMILES string of the molecule is Nc1c(Br)cc(C[C@@H](OC(=O)N2CCC3(CC2)OC(=O)Nc2ccccc23)C(=O)N2CCN(c3ccncc3)CC2)cc1C(F)(F)F. The molecule has 0 aliphatic carbocycles. The predicted octanol–water partition coefficient (Wildman–Crippen LogP) is 5.40. The minimum absolute atomic E-state index is 0.0175. The number of piperidine rings is 1. The molecule has 2 fully saturated rings. The number of amides is 3. The molecule has 15 heteroatoms. The van der Waals surface area contributed by atoms with Gasteiger partial charge in [-0.2, -0.15) is 13.2 Å². The zero-order chi connectivity index (χ0) is 33.3. The molecule has 0 bridgehead atoms. The van der Waals surface area contributed by atoms with E-state index in [-0.39, 0.29) is 29.5 Å². The van der Waals surface area contributed by atoms with E-state index in [2.05, 4.69) is 31.1 Å². The highest BCUT2D eigenvalue weighted by molar-refractivity contribution is 9.10. The van der Waals surface area contributed by atoms with E-state index in [9.17, 15) is 27.6 Å². The van der Waals surface area contributed by atoms with Crippen LogP contribution in [0.15, 0.2) is 65.4 Å². The van der Waals surface area contributed by atoms with Crippen LogP contribution in [-0.4, -0.2) is 78.2 Å². The average Bonchev–Trinajstić information content (AvgIpc) is 3.06. The summed E-state index contributed by atoms with van der Waals surface area (Å²) >= 11 is 3.10. The molecule has 3 aliphatic rings. The molecule has 3 amide bonds. The number of benzene rings is 2. The summed E-state index contributed by atoms with van der Waals surface area (Å²) in [4.78, 5) is 48.9. The summed E-state index contributed by atoms with van der Waals surface area (Å²) in [7, 11) is 0. The number of fused-ring (bicyclic) bond motifs is 2. The van der Waals surface area contributed by atoms with Crippen molar-refractivity contribution < 1.29 is 37.0 Å². The van der Waals surface area contributed by atoms with Gasteiger partial charge in [0.05, 0.1) is 16.9 Å². The van der Waals surface area contributed by atoms with Gasteiger partial charge in [-0.15, -0.1) is 0 Å². The summed E-state index contributed by atoms with van der Waals surface area (Å²) < 4.78 is 52.9. The Labute approximate surface area is 276 Å². The number of carbonyl (C=O) groups excluding carboxylic acids is 3. The standard InChI is InChI=1S/C32H32BrF3N6O5/c33-24-18-20(17-23(27(24)37)32(34,35)36)19-26(28(43)41-15-13-40(14-16-41)21-5-9-38-10-6-21)46-30(45)42-11-7-31(8-12-42)22-3-1-2-4-25(22)39-29(44)47-31/h1-6,9-10,17-18,26H,7-8,11-16,19,37H2,(H,39,44)/t26-/m1/s1. The van der Waals surface area contributed by atoms with E-state index < -0.39 is 47.2 Å². The lowest BCUT2D eigenvalue weighted by Gasteiger charge is -2.44. The van der Waals surface area contributed by atoms with Crippen LogP contribution in [0.2, 0.25) is 0 Å². The highest BCUT2D eigenvalue weighted by Crippen LogP contribution is 2.43. The van der Waals surface area contributed by atoms with Gasteiger partial charge in [-0.05, 0) is 51.8 Å². The first-order chi connectivity index (χ1) is 22.4. The largest absolute Gasteiger partial charge is 0.438 e. The maximum atomic E-state index is 13.9. The smallest absolute Gasteiger partial charge is 0.418 e. The lowest BCUT2D eigenvalue weighted by atomic mass is 9.82. The van der Waals surface area contributed by atoms with E-state index in [4.69, 9.17) is 15.2 Å². The molecule has 2 aromatic carbocycles. The highest BCUT2D eigenvalue weighted by Gasteiger charge is 2.46. The van der Waals surface area contributed by atoms with Crippen molar-refractivity contribution in [3.05, 3.63) is 82.1 Å². The second-order valence-corrected chi connectivity index (χ2v) is 12.5. The van der Waals surface area contributed by atoms with Crippen molar-refractivity contribution >= 4 is 51.1 Å². The van der Waals surface area contributed by atoms with Crippen LogP contribution in [-0.2, 0) is 32.5 Å². The fourth-order valence-corrected chi connectivity index (χ4v) is 6.85. The van der Waals surface area contributed by atoms with E-state index in [0.29, 0.717) is 44.7 Å². The summed E-state index contributed by atoms with van der Waals surface area (Å²) in [6.07, 6.45) is -3.86. The number of para-hydroxylation sites is 1. The number of hydrogen-bond acceptors (Lipinski definition) is 8. The predicted molar refractivity (Wildman–Crippen MR) is 170 cm³/mol. The van der Waals surface area contributed by atoms with Crippen LogP contribution in [0.1, 0.15) is 29.5 Å². The van der Waals surface area contributed by atoms with Crippen LogP contribution in [0, 0.1) is 0 Å². The van der Waals surface area contributed by atoms with Gasteiger partial charge in [-0.3, -0.25) is 15.1 Å². The normalized spacial score (nSPS) is 18.2. The Bertz CT molecular complexity index is 1660. The number of hydrogen-bond donors (Lipinski definition) is 2. The number of pyridine rings is 1. The van der Waals surface area contributed by atoms with Gasteiger partial charge in [0.25, 0.3) is 5.91 Å². The van der Waals surface area contributed by atoms with Gasteiger partial charge in [0, 0.05) is 86.6 Å². The number of aromatic nitrogens is 1. The van der Waals surface area contributed by atoms with E-state index >= 15 is 0 Å². The maximum Gasteiger partial charge on any atom is 0.418 e. The maximum absolute atomic E-state index is 13.9. The summed E-state index contributed by atoms with van der Waals surface area (Å²) in [5.74, 6) is -0.510. The number of likely N-dealkylation sites (tertiary alicyclic amines) is 1. The van der Waals surface area contributed by atoms with Gasteiger partial charge in [-0.1, -0.05) is 18.2 Å². The fourth-order valence-electron chi connectivity index (χ4n) is 6.34. The molecule has 2 saturated heterocycles. The van der Waals surface area contributed by atoms with Crippen LogP contribution >= 0.6 is 15.9 Å². The summed E-state index contributed by atoms with van der Waals surface area (Å²) in [5.41, 5.74) is 5.77. The second kappa shape index (κ2) is 12.9. The molecule has 1 atom stereocenters. The number of halogens is 4. The molecule has 47 heavy (non-hydrogen) atoms. The van der Waals surface area contributed by atoms with Gasteiger partial charge in [0.1, 0.15) is 5.60 Å². The minimum Gasteiger partial charge on any atom is -0.438 e. The van der Waals surface area contributed by atoms with E-state index in [1.54, 1.807) is 29.4 Å². The van der Waals surface area contributed by atoms with Gasteiger partial charge < -0.3 is 29.9 Å². The van der Waals surface area contributed by atoms with Crippen molar-refractivity contribution in [2.24, 2.45) is 0 Å². The minimum atomic E-state index is -4.73. The molecule has 0 radical (unpaired) electrons. The average molecular weight is 718 g/mol. The fraction of sp³-hybridized carbons (Fsp3) is 0.375. The molecule has 0 unspecified atom stereocenters. The molecule has 4 heterocycles. The molecule has 3 N–H and O–H groups in total. The number of anilines is 3. The molecule has 1 aromatic heterocycles. The molecule has 11 nitrogen and oxygen atoms in total. The Morgan fingerprint density at radius 3 is 2.38 bits per heavy atom. The zero-order valence-electron chi connectivity index (χ0n) is 25.1. The Kier molecular flexibility index (Phi) is 8.92. The van der Waals surface area contributed by atoms with Crippen LogP contribution in [0.4, 0.5) is 39.8 Å². The van der Waals surface area contributed by atoms with Crippen LogP contribution in [0.25, 0.3) is 0 Å². The Morgan fingerprint density at radius 2 is 1.70 bits per heavy atom. The topological polar surface area (TPSA) is 130 Å². The quantitative estimate of drug-likeness (QED) is 0.336. The number of piperazine rings is 1. The first-order valence-electron chi connectivity index (χ1n) is 15.1. The lowest BCUT2D eigenvalue weighted by Crippen LogP contribution is -2.54. The number of nitrogens with one attached hydrogen (secondary N) is 1.